The zero-order valence-electron chi connectivity index (χ0n) is 6.09. The molecule has 0 fully saturated rings. The van der Waals surface area contributed by atoms with Gasteiger partial charge < -0.3 is 0 Å². The molecule has 0 aliphatic heterocycles. The van der Waals surface area contributed by atoms with Crippen molar-refractivity contribution < 1.29 is 9.59 Å². The molecule has 0 unspecified atom stereocenters. The monoisotopic (exact) mass is 158 g/mol. The fourth-order valence-electron chi connectivity index (χ4n) is 0.389. The average molecular weight is 158 g/mol. The van der Waals surface area contributed by atoms with Gasteiger partial charge in [0, 0.05) is 6.42 Å². The fraction of sp³-hybridized carbons (Fsp3) is 0.429. The van der Waals surface area contributed by atoms with Crippen LogP contribution in [0.3, 0.4) is 0 Å². The molecule has 0 N–H and O–H groups in total. The lowest BCUT2D eigenvalue weighted by Gasteiger charge is -1.83. The Morgan fingerprint density at radius 1 is 1.50 bits per heavy atom. The maximum atomic E-state index is 10.6. The molecule has 0 aromatic carbocycles. The molecule has 10 heavy (non-hydrogen) atoms. The molecule has 0 saturated heterocycles. The van der Waals surface area contributed by atoms with E-state index in [0.29, 0.717) is 6.42 Å². The van der Waals surface area contributed by atoms with Crippen LogP contribution in [0.15, 0.2) is 12.2 Å². The molecule has 0 spiro atoms. The van der Waals surface area contributed by atoms with Crippen molar-refractivity contribution in [2.75, 3.05) is 6.26 Å². The quantitative estimate of drug-likeness (QED) is 0.582. The molecule has 0 saturated carbocycles. The molecule has 0 aliphatic carbocycles. The highest BCUT2D eigenvalue weighted by Gasteiger charge is 1.90. The molecule has 0 aromatic rings. The Labute approximate surface area is 64.7 Å². The number of allylic oxidation sites excluding steroid dienone is 1. The molecule has 56 valence electrons. The first kappa shape index (κ1) is 9.43. The van der Waals surface area contributed by atoms with E-state index in [-0.39, 0.29) is 10.9 Å². The molecule has 0 radical (unpaired) electrons. The van der Waals surface area contributed by atoms with Crippen molar-refractivity contribution in [3.05, 3.63) is 12.2 Å². The van der Waals surface area contributed by atoms with E-state index in [1.165, 1.54) is 13.0 Å². The Morgan fingerprint density at radius 3 is 2.50 bits per heavy atom. The highest BCUT2D eigenvalue weighted by molar-refractivity contribution is 8.13. The molecular formula is C7H10O2S. The number of thioether (sulfide) groups is 1. The van der Waals surface area contributed by atoms with Crippen molar-refractivity contribution in [2.45, 2.75) is 13.3 Å². The molecule has 0 heterocycles. The SMILES string of the molecule is CSC(=O)/C=C\CC(C)=O. The standard InChI is InChI=1S/C7H10O2S/c1-6(8)4-3-5-7(9)10-2/h3,5H,4H2,1-2H3/b5-3-. The first-order valence-corrected chi connectivity index (χ1v) is 4.13. The van der Waals surface area contributed by atoms with Crippen molar-refractivity contribution >= 4 is 22.7 Å². The second-order valence-electron chi connectivity index (χ2n) is 1.83. The fourth-order valence-corrected chi connectivity index (χ4v) is 0.621. The van der Waals surface area contributed by atoms with Crippen LogP contribution < -0.4 is 0 Å². The molecule has 0 rings (SSSR count). The Kier molecular flexibility index (Phi) is 4.94. The van der Waals surface area contributed by atoms with E-state index in [1.807, 2.05) is 0 Å². The number of hydrogen-bond donors (Lipinski definition) is 0. The smallest absolute Gasteiger partial charge is 0.211 e. The summed E-state index contributed by atoms with van der Waals surface area (Å²) in [5.41, 5.74) is 0. The van der Waals surface area contributed by atoms with E-state index in [1.54, 1.807) is 12.3 Å². The van der Waals surface area contributed by atoms with Gasteiger partial charge in [-0.15, -0.1) is 0 Å². The number of hydrogen-bond acceptors (Lipinski definition) is 3. The summed E-state index contributed by atoms with van der Waals surface area (Å²) >= 11 is 1.14. The number of Topliss-reactive ketones (excluding diaryl/α,β-unsaturated/α-hetero) is 1. The van der Waals surface area contributed by atoms with Gasteiger partial charge in [0.15, 0.2) is 0 Å². The second-order valence-corrected chi connectivity index (χ2v) is 2.64. The maximum absolute atomic E-state index is 10.6. The van der Waals surface area contributed by atoms with Crippen LogP contribution in [0.25, 0.3) is 0 Å². The summed E-state index contributed by atoms with van der Waals surface area (Å²) in [5, 5.41) is -0.0127. The number of carbonyl (C=O) groups is 2. The van der Waals surface area contributed by atoms with E-state index < -0.39 is 0 Å². The first-order chi connectivity index (χ1) is 4.66. The Bertz CT molecular complexity index is 161. The number of ketones is 1. The second kappa shape index (κ2) is 5.23. The van der Waals surface area contributed by atoms with Gasteiger partial charge in [-0.2, -0.15) is 0 Å². The zero-order valence-corrected chi connectivity index (χ0v) is 6.90. The predicted molar refractivity (Wildman–Crippen MR) is 43.0 cm³/mol. The molecule has 0 aromatic heterocycles. The van der Waals surface area contributed by atoms with Crippen molar-refractivity contribution in [2.24, 2.45) is 0 Å². The van der Waals surface area contributed by atoms with Crippen LogP contribution in [-0.4, -0.2) is 17.2 Å². The summed E-state index contributed by atoms with van der Waals surface area (Å²) in [6, 6.07) is 0. The van der Waals surface area contributed by atoms with E-state index in [9.17, 15) is 9.59 Å². The van der Waals surface area contributed by atoms with Crippen LogP contribution in [0.4, 0.5) is 0 Å². The summed E-state index contributed by atoms with van der Waals surface area (Å²) in [6.07, 6.45) is 5.07. The van der Waals surface area contributed by atoms with Crippen LogP contribution >= 0.6 is 11.8 Å². The third-order valence-corrected chi connectivity index (χ3v) is 1.40. The van der Waals surface area contributed by atoms with Crippen LogP contribution in [0.1, 0.15) is 13.3 Å². The van der Waals surface area contributed by atoms with Gasteiger partial charge in [0.1, 0.15) is 5.78 Å². The molecule has 0 bridgehead atoms. The predicted octanol–water partition coefficient (Wildman–Crippen LogP) is 1.41. The minimum atomic E-state index is -0.0127. The molecule has 0 aliphatic rings. The van der Waals surface area contributed by atoms with Gasteiger partial charge in [0.2, 0.25) is 5.12 Å². The summed E-state index contributed by atoms with van der Waals surface area (Å²) in [7, 11) is 0. The van der Waals surface area contributed by atoms with Crippen molar-refractivity contribution in [3.63, 3.8) is 0 Å². The Morgan fingerprint density at radius 2 is 2.10 bits per heavy atom. The van der Waals surface area contributed by atoms with Crippen LogP contribution in [-0.2, 0) is 9.59 Å². The number of carbonyl (C=O) groups excluding carboxylic acids is 2. The third-order valence-electron chi connectivity index (χ3n) is 0.860. The topological polar surface area (TPSA) is 34.1 Å². The minimum absolute atomic E-state index is 0.0127. The summed E-state index contributed by atoms with van der Waals surface area (Å²) in [6.45, 7) is 1.49. The van der Waals surface area contributed by atoms with Gasteiger partial charge in [0.05, 0.1) is 0 Å². The van der Waals surface area contributed by atoms with Crippen LogP contribution in [0.5, 0.6) is 0 Å². The zero-order chi connectivity index (χ0) is 7.98. The lowest BCUT2D eigenvalue weighted by atomic mass is 10.3. The lowest BCUT2D eigenvalue weighted by molar-refractivity contribution is -0.116. The molecule has 3 heteroatoms. The van der Waals surface area contributed by atoms with Crippen LogP contribution in [0.2, 0.25) is 0 Å². The van der Waals surface area contributed by atoms with E-state index in [0.717, 1.165) is 11.8 Å². The van der Waals surface area contributed by atoms with Gasteiger partial charge in [-0.05, 0) is 19.3 Å². The highest BCUT2D eigenvalue weighted by Crippen LogP contribution is 1.96. The normalized spacial score (nSPS) is 10.2. The minimum Gasteiger partial charge on any atom is -0.300 e. The van der Waals surface area contributed by atoms with Crippen LogP contribution in [0, 0.1) is 0 Å². The molecule has 2 nitrogen and oxygen atoms in total. The van der Waals surface area contributed by atoms with E-state index >= 15 is 0 Å². The first-order valence-electron chi connectivity index (χ1n) is 2.90. The van der Waals surface area contributed by atoms with Gasteiger partial charge in [0.25, 0.3) is 0 Å². The van der Waals surface area contributed by atoms with Gasteiger partial charge in [-0.3, -0.25) is 9.59 Å². The summed E-state index contributed by atoms with van der Waals surface area (Å²) < 4.78 is 0. The highest BCUT2D eigenvalue weighted by atomic mass is 32.2. The molecule has 0 atom stereocenters. The van der Waals surface area contributed by atoms with Gasteiger partial charge in [-0.1, -0.05) is 17.8 Å². The Balaban J connectivity index is 3.56. The van der Waals surface area contributed by atoms with Crippen molar-refractivity contribution in [3.8, 4) is 0 Å². The molecular weight excluding hydrogens is 148 g/mol. The summed E-state index contributed by atoms with van der Waals surface area (Å²) in [5.74, 6) is 0.0742. The lowest BCUT2D eigenvalue weighted by Crippen LogP contribution is -1.86. The average Bonchev–Trinajstić information content (AvgIpc) is 1.87. The largest absolute Gasteiger partial charge is 0.300 e. The van der Waals surface area contributed by atoms with E-state index in [4.69, 9.17) is 0 Å². The Hall–Kier alpha value is -0.570. The third kappa shape index (κ3) is 5.56. The van der Waals surface area contributed by atoms with Crippen molar-refractivity contribution in [1.29, 1.82) is 0 Å². The number of rotatable bonds is 3. The maximum Gasteiger partial charge on any atom is 0.211 e. The summed E-state index contributed by atoms with van der Waals surface area (Å²) in [4.78, 5) is 20.9. The molecule has 0 amide bonds. The van der Waals surface area contributed by atoms with Gasteiger partial charge in [-0.25, -0.2) is 0 Å². The van der Waals surface area contributed by atoms with Crippen molar-refractivity contribution in [1.82, 2.24) is 0 Å². The van der Waals surface area contributed by atoms with Gasteiger partial charge >= 0.3 is 0 Å². The van der Waals surface area contributed by atoms with E-state index in [2.05, 4.69) is 0 Å².